The molecule has 2 aromatic carbocycles. The molecule has 122 valence electrons. The van der Waals surface area contributed by atoms with Gasteiger partial charge < -0.3 is 10.4 Å². The zero-order chi connectivity index (χ0) is 16.9. The Hall–Kier alpha value is -2.13. The van der Waals surface area contributed by atoms with Crippen molar-refractivity contribution in [3.8, 4) is 0 Å². The molecule has 2 aromatic rings. The lowest BCUT2D eigenvalue weighted by Crippen LogP contribution is -2.46. The number of hydrogen-bond donors (Lipinski definition) is 2. The van der Waals surface area contributed by atoms with Gasteiger partial charge in [0.2, 0.25) is 5.91 Å². The van der Waals surface area contributed by atoms with Gasteiger partial charge in [0.05, 0.1) is 12.1 Å². The molecule has 2 rings (SSSR count). The predicted molar refractivity (Wildman–Crippen MR) is 93.4 cm³/mol. The number of benzene rings is 2. The SMILES string of the molecule is Cc1ccccc1[C@@H](CC(=O)NC(C)(C)CO)c1ccccc1. The van der Waals surface area contributed by atoms with Crippen LogP contribution in [-0.2, 0) is 4.79 Å². The van der Waals surface area contributed by atoms with Gasteiger partial charge in [-0.1, -0.05) is 54.6 Å². The first-order chi connectivity index (χ1) is 10.9. The normalized spacial score (nSPS) is 12.7. The Morgan fingerprint density at radius 3 is 2.30 bits per heavy atom. The second kappa shape index (κ2) is 7.42. The first-order valence-electron chi connectivity index (χ1n) is 7.95. The fourth-order valence-corrected chi connectivity index (χ4v) is 2.72. The van der Waals surface area contributed by atoms with Gasteiger partial charge in [0.25, 0.3) is 0 Å². The molecule has 0 aliphatic heterocycles. The summed E-state index contributed by atoms with van der Waals surface area (Å²) in [6, 6.07) is 18.3. The molecular formula is C20H25NO2. The lowest BCUT2D eigenvalue weighted by molar-refractivity contribution is -0.123. The molecule has 0 unspecified atom stereocenters. The van der Waals surface area contributed by atoms with E-state index in [1.807, 2.05) is 44.2 Å². The number of hydrogen-bond acceptors (Lipinski definition) is 2. The molecule has 0 bridgehead atoms. The van der Waals surface area contributed by atoms with Crippen molar-refractivity contribution in [2.75, 3.05) is 6.61 Å². The van der Waals surface area contributed by atoms with E-state index in [1.54, 1.807) is 0 Å². The van der Waals surface area contributed by atoms with Gasteiger partial charge >= 0.3 is 0 Å². The van der Waals surface area contributed by atoms with Crippen molar-refractivity contribution in [1.29, 1.82) is 0 Å². The van der Waals surface area contributed by atoms with Crippen LogP contribution < -0.4 is 5.32 Å². The van der Waals surface area contributed by atoms with Crippen LogP contribution in [0, 0.1) is 6.92 Å². The van der Waals surface area contributed by atoms with Crippen LogP contribution in [0.1, 0.15) is 42.9 Å². The quantitative estimate of drug-likeness (QED) is 0.859. The summed E-state index contributed by atoms with van der Waals surface area (Å²) in [5.41, 5.74) is 2.86. The molecule has 0 aliphatic rings. The summed E-state index contributed by atoms with van der Waals surface area (Å²) in [4.78, 5) is 12.5. The second-order valence-corrected chi connectivity index (χ2v) is 6.61. The average Bonchev–Trinajstić information content (AvgIpc) is 2.54. The first kappa shape index (κ1) is 17.2. The molecule has 1 atom stereocenters. The summed E-state index contributed by atoms with van der Waals surface area (Å²) in [6.45, 7) is 5.62. The third-order valence-corrected chi connectivity index (χ3v) is 4.03. The number of aliphatic hydroxyl groups is 1. The van der Waals surface area contributed by atoms with E-state index in [9.17, 15) is 9.90 Å². The molecule has 0 aliphatic carbocycles. The number of aryl methyl sites for hydroxylation is 1. The van der Waals surface area contributed by atoms with Crippen molar-refractivity contribution in [3.63, 3.8) is 0 Å². The van der Waals surface area contributed by atoms with Crippen LogP contribution >= 0.6 is 0 Å². The largest absolute Gasteiger partial charge is 0.394 e. The molecule has 2 N–H and O–H groups in total. The van der Waals surface area contributed by atoms with Crippen LogP contribution in [0.25, 0.3) is 0 Å². The summed E-state index contributed by atoms with van der Waals surface area (Å²) in [7, 11) is 0. The number of amides is 1. The number of carbonyl (C=O) groups is 1. The van der Waals surface area contributed by atoms with Gasteiger partial charge in [-0.15, -0.1) is 0 Å². The van der Waals surface area contributed by atoms with Crippen LogP contribution in [0.15, 0.2) is 54.6 Å². The van der Waals surface area contributed by atoms with Crippen LogP contribution in [0.4, 0.5) is 0 Å². The maximum Gasteiger partial charge on any atom is 0.221 e. The Morgan fingerprint density at radius 2 is 1.70 bits per heavy atom. The monoisotopic (exact) mass is 311 g/mol. The van der Waals surface area contributed by atoms with E-state index in [-0.39, 0.29) is 18.4 Å². The van der Waals surface area contributed by atoms with Gasteiger partial charge in [0, 0.05) is 12.3 Å². The molecule has 3 heteroatoms. The van der Waals surface area contributed by atoms with E-state index >= 15 is 0 Å². The highest BCUT2D eigenvalue weighted by Crippen LogP contribution is 2.30. The Morgan fingerprint density at radius 1 is 1.09 bits per heavy atom. The smallest absolute Gasteiger partial charge is 0.221 e. The maximum atomic E-state index is 12.5. The van der Waals surface area contributed by atoms with E-state index in [0.29, 0.717) is 6.42 Å². The van der Waals surface area contributed by atoms with Crippen molar-refractivity contribution >= 4 is 5.91 Å². The maximum absolute atomic E-state index is 12.5. The standard InChI is InChI=1S/C20H25NO2/c1-15-9-7-8-12-17(15)18(16-10-5-4-6-11-16)13-19(23)21-20(2,3)14-22/h4-12,18,22H,13-14H2,1-3H3,(H,21,23)/t18-/m0/s1. The molecular weight excluding hydrogens is 286 g/mol. The zero-order valence-corrected chi connectivity index (χ0v) is 14.0. The molecule has 0 saturated carbocycles. The molecule has 0 spiro atoms. The van der Waals surface area contributed by atoms with Crippen LogP contribution in [0.3, 0.4) is 0 Å². The summed E-state index contributed by atoms with van der Waals surface area (Å²) in [6.07, 6.45) is 0.359. The molecule has 23 heavy (non-hydrogen) atoms. The van der Waals surface area contributed by atoms with Crippen molar-refractivity contribution in [2.24, 2.45) is 0 Å². The van der Waals surface area contributed by atoms with Gasteiger partial charge in [-0.2, -0.15) is 0 Å². The summed E-state index contributed by atoms with van der Waals surface area (Å²) < 4.78 is 0. The fourth-order valence-electron chi connectivity index (χ4n) is 2.72. The van der Waals surface area contributed by atoms with E-state index in [4.69, 9.17) is 0 Å². The van der Waals surface area contributed by atoms with Gasteiger partial charge in [0.15, 0.2) is 0 Å². The van der Waals surface area contributed by atoms with Crippen LogP contribution in [-0.4, -0.2) is 23.2 Å². The number of aliphatic hydroxyl groups excluding tert-OH is 1. The Labute approximate surface area is 138 Å². The molecule has 0 radical (unpaired) electrons. The van der Waals surface area contributed by atoms with Gasteiger partial charge in [0.1, 0.15) is 0 Å². The highest BCUT2D eigenvalue weighted by atomic mass is 16.3. The van der Waals surface area contributed by atoms with E-state index in [1.165, 1.54) is 5.56 Å². The first-order valence-corrected chi connectivity index (χ1v) is 7.95. The summed E-state index contributed by atoms with van der Waals surface area (Å²) >= 11 is 0. The number of carbonyl (C=O) groups excluding carboxylic acids is 1. The Kier molecular flexibility index (Phi) is 5.56. The van der Waals surface area contributed by atoms with E-state index in [2.05, 4.69) is 36.5 Å². The zero-order valence-electron chi connectivity index (χ0n) is 14.0. The Balaban J connectivity index is 2.29. The molecule has 0 saturated heterocycles. The van der Waals surface area contributed by atoms with Crippen molar-refractivity contribution in [3.05, 3.63) is 71.3 Å². The highest BCUT2D eigenvalue weighted by Gasteiger charge is 2.24. The molecule has 0 heterocycles. The van der Waals surface area contributed by atoms with Gasteiger partial charge in [-0.25, -0.2) is 0 Å². The summed E-state index contributed by atoms with van der Waals surface area (Å²) in [5, 5.41) is 12.2. The summed E-state index contributed by atoms with van der Waals surface area (Å²) in [5.74, 6) is -0.0481. The fraction of sp³-hybridized carbons (Fsp3) is 0.350. The minimum absolute atomic E-state index is 0.00638. The van der Waals surface area contributed by atoms with E-state index < -0.39 is 5.54 Å². The highest BCUT2D eigenvalue weighted by molar-refractivity contribution is 5.78. The number of nitrogens with one attached hydrogen (secondary N) is 1. The lowest BCUT2D eigenvalue weighted by atomic mass is 9.85. The predicted octanol–water partition coefficient (Wildman–Crippen LogP) is 3.40. The third kappa shape index (κ3) is 4.67. The van der Waals surface area contributed by atoms with E-state index in [0.717, 1.165) is 11.1 Å². The average molecular weight is 311 g/mol. The topological polar surface area (TPSA) is 49.3 Å². The lowest BCUT2D eigenvalue weighted by Gasteiger charge is -2.26. The minimum Gasteiger partial charge on any atom is -0.394 e. The van der Waals surface area contributed by atoms with Gasteiger partial charge in [-0.3, -0.25) is 4.79 Å². The minimum atomic E-state index is -0.607. The van der Waals surface area contributed by atoms with Crippen molar-refractivity contribution < 1.29 is 9.90 Å². The molecule has 1 amide bonds. The van der Waals surface area contributed by atoms with Crippen LogP contribution in [0.2, 0.25) is 0 Å². The second-order valence-electron chi connectivity index (χ2n) is 6.61. The molecule has 0 aromatic heterocycles. The number of rotatable bonds is 6. The Bertz CT molecular complexity index is 650. The third-order valence-electron chi connectivity index (χ3n) is 4.03. The molecule has 3 nitrogen and oxygen atoms in total. The van der Waals surface area contributed by atoms with Crippen LogP contribution in [0.5, 0.6) is 0 Å². The molecule has 0 fully saturated rings. The van der Waals surface area contributed by atoms with Gasteiger partial charge in [-0.05, 0) is 37.5 Å². The van der Waals surface area contributed by atoms with Crippen molar-refractivity contribution in [1.82, 2.24) is 5.32 Å². The van der Waals surface area contributed by atoms with Crippen molar-refractivity contribution in [2.45, 2.75) is 38.6 Å².